The summed E-state index contributed by atoms with van der Waals surface area (Å²) >= 11 is 0. The average molecular weight is 325 g/mol. The van der Waals surface area contributed by atoms with Crippen LogP contribution in [0, 0.1) is 11.3 Å². The molecule has 0 amide bonds. The van der Waals surface area contributed by atoms with E-state index < -0.39 is 11.4 Å². The highest BCUT2D eigenvalue weighted by Gasteiger charge is 2.58. The lowest BCUT2D eigenvalue weighted by molar-refractivity contribution is -0.163. The second kappa shape index (κ2) is 10.8. The highest BCUT2D eigenvalue weighted by Crippen LogP contribution is 2.56. The average Bonchev–Trinajstić information content (AvgIpc) is 3.20. The molecule has 0 aromatic rings. The maximum Gasteiger partial charge on any atom is 0.327 e. The first-order chi connectivity index (χ1) is 11.1. The van der Waals surface area contributed by atoms with Gasteiger partial charge in [0.25, 0.3) is 0 Å². The van der Waals surface area contributed by atoms with Gasteiger partial charge in [-0.15, -0.1) is 0 Å². The van der Waals surface area contributed by atoms with Crippen LogP contribution >= 0.6 is 0 Å². The zero-order chi connectivity index (χ0) is 17.1. The zero-order valence-corrected chi connectivity index (χ0v) is 15.1. The van der Waals surface area contributed by atoms with Crippen molar-refractivity contribution in [1.82, 2.24) is 0 Å². The normalized spacial score (nSPS) is 22.8. The molecule has 0 aliphatic heterocycles. The summed E-state index contributed by atoms with van der Waals surface area (Å²) in [6, 6.07) is 0. The van der Waals surface area contributed by atoms with Gasteiger partial charge < -0.3 is 10.5 Å². The summed E-state index contributed by atoms with van der Waals surface area (Å²) in [5, 5.41) is 0. The Hall–Kier alpha value is -0.900. The largest absolute Gasteiger partial charge is 0.392 e. The van der Waals surface area contributed by atoms with E-state index in [1.165, 1.54) is 57.8 Å². The topological polar surface area (TPSA) is 69.4 Å². The van der Waals surface area contributed by atoms with Crippen molar-refractivity contribution in [1.29, 1.82) is 0 Å². The van der Waals surface area contributed by atoms with Gasteiger partial charge in [0, 0.05) is 0 Å². The van der Waals surface area contributed by atoms with Gasteiger partial charge in [-0.2, -0.15) is 0 Å². The lowest BCUT2D eigenvalue weighted by atomic mass is 9.95. The van der Waals surface area contributed by atoms with E-state index >= 15 is 0 Å². The Morgan fingerprint density at radius 2 is 1.48 bits per heavy atom. The molecule has 2 unspecified atom stereocenters. The van der Waals surface area contributed by atoms with Crippen LogP contribution in [0.4, 0.5) is 0 Å². The van der Waals surface area contributed by atoms with Crippen molar-refractivity contribution in [2.45, 2.75) is 90.9 Å². The Bertz CT molecular complexity index is 370. The minimum absolute atomic E-state index is 0.228. The number of nitrogens with two attached hydrogens (primary N) is 1. The highest BCUT2D eigenvalue weighted by molar-refractivity contribution is 5.91. The molecular weight excluding hydrogens is 290 g/mol. The predicted octanol–water partition coefficient (Wildman–Crippen LogP) is 4.35. The van der Waals surface area contributed by atoms with Crippen LogP contribution in [-0.2, 0) is 14.3 Å². The van der Waals surface area contributed by atoms with Crippen molar-refractivity contribution in [3.63, 3.8) is 0 Å². The van der Waals surface area contributed by atoms with Gasteiger partial charge in [0.05, 0.1) is 12.0 Å². The van der Waals surface area contributed by atoms with Crippen LogP contribution < -0.4 is 5.73 Å². The van der Waals surface area contributed by atoms with Gasteiger partial charge >= 0.3 is 11.9 Å². The lowest BCUT2D eigenvalue weighted by Gasteiger charge is -2.14. The summed E-state index contributed by atoms with van der Waals surface area (Å²) in [7, 11) is 0. The second-order valence-corrected chi connectivity index (χ2v) is 7.16. The highest BCUT2D eigenvalue weighted by atomic mass is 16.6. The third-order valence-electron chi connectivity index (χ3n) is 5.21. The quantitative estimate of drug-likeness (QED) is 0.310. The fourth-order valence-electron chi connectivity index (χ4n) is 3.40. The first kappa shape index (κ1) is 20.1. The number of hydrogen-bond donors (Lipinski definition) is 1. The van der Waals surface area contributed by atoms with Crippen LogP contribution in [0.2, 0.25) is 0 Å². The Morgan fingerprint density at radius 1 is 1.00 bits per heavy atom. The van der Waals surface area contributed by atoms with Crippen molar-refractivity contribution in [3.8, 4) is 0 Å². The number of carbonyl (C=O) groups is 2. The lowest BCUT2D eigenvalue weighted by Crippen LogP contribution is -2.27. The van der Waals surface area contributed by atoms with E-state index in [1.54, 1.807) is 0 Å². The van der Waals surface area contributed by atoms with Crippen LogP contribution in [-0.4, -0.2) is 18.5 Å². The maximum atomic E-state index is 12.1. The van der Waals surface area contributed by atoms with Gasteiger partial charge in [-0.3, -0.25) is 9.59 Å². The zero-order valence-electron chi connectivity index (χ0n) is 15.1. The summed E-state index contributed by atoms with van der Waals surface area (Å²) < 4.78 is 4.84. The first-order valence-corrected chi connectivity index (χ1v) is 9.52. The smallest absolute Gasteiger partial charge is 0.327 e. The third kappa shape index (κ3) is 7.03. The number of carbonyl (C=O) groups excluding carboxylic acids is 2. The van der Waals surface area contributed by atoms with Crippen molar-refractivity contribution >= 4 is 11.9 Å². The Balaban J connectivity index is 2.07. The van der Waals surface area contributed by atoms with Gasteiger partial charge in [0.1, 0.15) is 0 Å². The molecule has 1 saturated carbocycles. The minimum atomic E-state index is -0.614. The molecule has 2 atom stereocenters. The van der Waals surface area contributed by atoms with Gasteiger partial charge in [0.15, 0.2) is 0 Å². The van der Waals surface area contributed by atoms with Gasteiger partial charge in [0.2, 0.25) is 0 Å². The van der Waals surface area contributed by atoms with E-state index in [1.807, 2.05) is 0 Å². The van der Waals surface area contributed by atoms with E-state index in [9.17, 15) is 9.59 Å². The molecule has 1 aliphatic rings. The van der Waals surface area contributed by atoms with Crippen LogP contribution in [0.1, 0.15) is 90.9 Å². The molecule has 0 heterocycles. The van der Waals surface area contributed by atoms with E-state index in [-0.39, 0.29) is 12.5 Å². The monoisotopic (exact) mass is 325 g/mol. The molecule has 4 heteroatoms. The molecule has 134 valence electrons. The molecule has 0 spiro atoms. The Kier molecular flexibility index (Phi) is 9.46. The maximum absolute atomic E-state index is 12.1. The standard InChI is InChI=1S/C19H35NO3/c1-3-4-5-6-7-8-9-10-11-12-13-19(14-16(19)2)18(22)23-17(21)15-20/h16H,3-15,20H2,1-2H3. The van der Waals surface area contributed by atoms with Crippen molar-refractivity contribution in [2.75, 3.05) is 6.54 Å². The van der Waals surface area contributed by atoms with Crippen LogP contribution in [0.25, 0.3) is 0 Å². The number of rotatable bonds is 13. The number of esters is 2. The van der Waals surface area contributed by atoms with E-state index in [4.69, 9.17) is 10.5 Å². The van der Waals surface area contributed by atoms with Crippen LogP contribution in [0.5, 0.6) is 0 Å². The molecule has 0 radical (unpaired) electrons. The predicted molar refractivity (Wildman–Crippen MR) is 92.8 cm³/mol. The van der Waals surface area contributed by atoms with E-state index in [2.05, 4.69) is 13.8 Å². The Morgan fingerprint density at radius 3 is 1.91 bits per heavy atom. The molecule has 0 saturated heterocycles. The molecule has 0 aromatic heterocycles. The summed E-state index contributed by atoms with van der Waals surface area (Å²) in [5.41, 5.74) is 4.80. The van der Waals surface area contributed by atoms with Crippen LogP contribution in [0.15, 0.2) is 0 Å². The van der Waals surface area contributed by atoms with Gasteiger partial charge in [-0.25, -0.2) is 0 Å². The molecule has 1 aliphatic carbocycles. The molecule has 0 bridgehead atoms. The summed E-state index contributed by atoms with van der Waals surface area (Å²) in [5.74, 6) is -0.632. The van der Waals surface area contributed by atoms with Crippen LogP contribution in [0.3, 0.4) is 0 Å². The van der Waals surface area contributed by atoms with Gasteiger partial charge in [-0.05, 0) is 18.8 Å². The fraction of sp³-hybridized carbons (Fsp3) is 0.895. The SMILES string of the molecule is CCCCCCCCCCCCC1(C(=O)OC(=O)CN)CC1C. The molecule has 1 fully saturated rings. The molecule has 1 rings (SSSR count). The second-order valence-electron chi connectivity index (χ2n) is 7.16. The first-order valence-electron chi connectivity index (χ1n) is 9.52. The molecular formula is C19H35NO3. The summed E-state index contributed by atoms with van der Waals surface area (Å²) in [6.07, 6.45) is 14.6. The van der Waals surface area contributed by atoms with E-state index in [0.717, 1.165) is 19.3 Å². The molecule has 4 nitrogen and oxygen atoms in total. The number of unbranched alkanes of at least 4 members (excludes halogenated alkanes) is 9. The van der Waals surface area contributed by atoms with Crippen molar-refractivity contribution in [2.24, 2.45) is 17.1 Å². The fourth-order valence-corrected chi connectivity index (χ4v) is 3.40. The minimum Gasteiger partial charge on any atom is -0.392 e. The molecule has 2 N–H and O–H groups in total. The summed E-state index contributed by atoms with van der Waals surface area (Å²) in [4.78, 5) is 23.3. The van der Waals surface area contributed by atoms with E-state index in [0.29, 0.717) is 5.92 Å². The third-order valence-corrected chi connectivity index (χ3v) is 5.21. The van der Waals surface area contributed by atoms with Crippen molar-refractivity contribution < 1.29 is 14.3 Å². The molecule has 0 aromatic carbocycles. The summed E-state index contributed by atoms with van der Waals surface area (Å²) in [6.45, 7) is 4.08. The van der Waals surface area contributed by atoms with Crippen molar-refractivity contribution in [3.05, 3.63) is 0 Å². The Labute approximate surface area is 141 Å². The number of ether oxygens (including phenoxy) is 1. The molecule has 23 heavy (non-hydrogen) atoms. The number of hydrogen-bond acceptors (Lipinski definition) is 4. The van der Waals surface area contributed by atoms with Gasteiger partial charge in [-0.1, -0.05) is 78.1 Å².